The minimum atomic E-state index is -2.94. The van der Waals surface area contributed by atoms with Crippen molar-refractivity contribution >= 4 is 27.3 Å². The second-order valence-corrected chi connectivity index (χ2v) is 8.38. The number of benzene rings is 1. The van der Waals surface area contributed by atoms with E-state index in [1.165, 1.54) is 0 Å². The molecular formula is C16H18N4O4S. The fourth-order valence-electron chi connectivity index (χ4n) is 2.92. The number of aryl methyl sites for hydroxylation is 1. The highest BCUT2D eigenvalue weighted by atomic mass is 32.2. The molecular weight excluding hydrogens is 344 g/mol. The van der Waals surface area contributed by atoms with Crippen LogP contribution in [-0.4, -0.2) is 42.7 Å². The molecule has 0 radical (unpaired) electrons. The molecule has 0 amide bonds. The second kappa shape index (κ2) is 6.07. The summed E-state index contributed by atoms with van der Waals surface area (Å²) >= 11 is 0. The van der Waals surface area contributed by atoms with Crippen molar-refractivity contribution in [1.29, 1.82) is 0 Å². The lowest BCUT2D eigenvalue weighted by molar-refractivity contribution is 0.174. The van der Waals surface area contributed by atoms with Crippen LogP contribution in [0.25, 0.3) is 0 Å². The maximum Gasteiger partial charge on any atom is 0.231 e. The largest absolute Gasteiger partial charge is 0.454 e. The van der Waals surface area contributed by atoms with Gasteiger partial charge in [-0.1, -0.05) is 0 Å². The average molecular weight is 362 g/mol. The number of nitrogens with zero attached hydrogens (tertiary/aromatic N) is 2. The molecule has 1 atom stereocenters. The lowest BCUT2D eigenvalue weighted by Crippen LogP contribution is -2.21. The van der Waals surface area contributed by atoms with Crippen LogP contribution in [0.4, 0.5) is 17.5 Å². The zero-order valence-corrected chi connectivity index (χ0v) is 14.5. The Bertz CT molecular complexity index is 916. The number of hydrogen-bond donors (Lipinski definition) is 2. The van der Waals surface area contributed by atoms with E-state index in [4.69, 9.17) is 9.47 Å². The Morgan fingerprint density at radius 2 is 2.00 bits per heavy atom. The highest BCUT2D eigenvalue weighted by Crippen LogP contribution is 2.34. The van der Waals surface area contributed by atoms with Crippen molar-refractivity contribution in [2.24, 2.45) is 0 Å². The molecule has 25 heavy (non-hydrogen) atoms. The van der Waals surface area contributed by atoms with E-state index in [2.05, 4.69) is 20.6 Å². The van der Waals surface area contributed by atoms with E-state index in [0.717, 1.165) is 11.4 Å². The summed E-state index contributed by atoms with van der Waals surface area (Å²) in [4.78, 5) is 8.81. The molecule has 1 fully saturated rings. The van der Waals surface area contributed by atoms with Crippen LogP contribution in [0, 0.1) is 6.92 Å². The molecule has 2 N–H and O–H groups in total. The second-order valence-electron chi connectivity index (χ2n) is 6.16. The van der Waals surface area contributed by atoms with E-state index in [0.29, 0.717) is 29.7 Å². The predicted octanol–water partition coefficient (Wildman–Crippen LogP) is 1.86. The summed E-state index contributed by atoms with van der Waals surface area (Å²) in [5.41, 5.74) is 1.56. The van der Waals surface area contributed by atoms with Crippen molar-refractivity contribution in [1.82, 2.24) is 9.97 Å². The number of hydrogen-bond acceptors (Lipinski definition) is 8. The van der Waals surface area contributed by atoms with Gasteiger partial charge in [0, 0.05) is 29.6 Å². The molecule has 8 nitrogen and oxygen atoms in total. The molecule has 132 valence electrons. The van der Waals surface area contributed by atoms with E-state index in [9.17, 15) is 8.42 Å². The number of aromatic nitrogens is 2. The Balaban J connectivity index is 1.51. The van der Waals surface area contributed by atoms with Gasteiger partial charge in [-0.15, -0.1) is 0 Å². The van der Waals surface area contributed by atoms with Gasteiger partial charge in [-0.25, -0.2) is 13.4 Å². The van der Waals surface area contributed by atoms with Crippen LogP contribution in [0.1, 0.15) is 12.1 Å². The molecule has 0 aliphatic carbocycles. The molecule has 2 aliphatic rings. The first-order chi connectivity index (χ1) is 12.0. The highest BCUT2D eigenvalue weighted by molar-refractivity contribution is 7.91. The molecule has 3 heterocycles. The van der Waals surface area contributed by atoms with Gasteiger partial charge in [-0.3, -0.25) is 0 Å². The van der Waals surface area contributed by atoms with Gasteiger partial charge < -0.3 is 20.1 Å². The van der Waals surface area contributed by atoms with Gasteiger partial charge in [-0.05, 0) is 25.5 Å². The maximum absolute atomic E-state index is 11.6. The van der Waals surface area contributed by atoms with Crippen molar-refractivity contribution in [3.05, 3.63) is 30.0 Å². The van der Waals surface area contributed by atoms with Gasteiger partial charge in [-0.2, -0.15) is 4.98 Å². The maximum atomic E-state index is 11.6. The fraction of sp³-hybridized carbons (Fsp3) is 0.375. The van der Waals surface area contributed by atoms with Gasteiger partial charge in [0.15, 0.2) is 21.3 Å². The predicted molar refractivity (Wildman–Crippen MR) is 93.3 cm³/mol. The standard InChI is InChI=1S/C16H18N4O4S/c1-10-6-15(18-12-4-5-25(21,22)8-12)20-16(17-10)19-11-2-3-13-14(7-11)24-9-23-13/h2-3,6-7,12H,4-5,8-9H2,1H3,(H2,17,18,19,20). The number of nitrogens with one attached hydrogen (secondary N) is 2. The first-order valence-corrected chi connectivity index (χ1v) is 9.78. The average Bonchev–Trinajstić information content (AvgIpc) is 3.12. The van der Waals surface area contributed by atoms with Crippen LogP contribution in [0.3, 0.4) is 0 Å². The molecule has 1 aromatic carbocycles. The van der Waals surface area contributed by atoms with Crippen LogP contribution in [-0.2, 0) is 9.84 Å². The molecule has 2 aliphatic heterocycles. The van der Waals surface area contributed by atoms with Gasteiger partial charge >= 0.3 is 0 Å². The molecule has 1 saturated heterocycles. The van der Waals surface area contributed by atoms with Crippen LogP contribution >= 0.6 is 0 Å². The number of sulfone groups is 1. The summed E-state index contributed by atoms with van der Waals surface area (Å²) in [5.74, 6) is 2.78. The Hall–Kier alpha value is -2.55. The van der Waals surface area contributed by atoms with Crippen molar-refractivity contribution < 1.29 is 17.9 Å². The fourth-order valence-corrected chi connectivity index (χ4v) is 4.59. The molecule has 0 saturated carbocycles. The third-order valence-corrected chi connectivity index (χ3v) is 5.84. The Morgan fingerprint density at radius 3 is 2.80 bits per heavy atom. The lowest BCUT2D eigenvalue weighted by atomic mass is 10.2. The van der Waals surface area contributed by atoms with Gasteiger partial charge in [0.2, 0.25) is 12.7 Å². The Morgan fingerprint density at radius 1 is 1.16 bits per heavy atom. The summed E-state index contributed by atoms with van der Waals surface area (Å²) in [6, 6.07) is 7.19. The van der Waals surface area contributed by atoms with Crippen molar-refractivity contribution in [2.75, 3.05) is 28.9 Å². The number of anilines is 3. The van der Waals surface area contributed by atoms with E-state index in [1.54, 1.807) is 6.07 Å². The van der Waals surface area contributed by atoms with Crippen molar-refractivity contribution in [3.63, 3.8) is 0 Å². The minimum Gasteiger partial charge on any atom is -0.454 e. The first-order valence-electron chi connectivity index (χ1n) is 7.96. The van der Waals surface area contributed by atoms with Gasteiger partial charge in [0.05, 0.1) is 11.5 Å². The smallest absolute Gasteiger partial charge is 0.231 e. The number of ether oxygens (including phenoxy) is 2. The third-order valence-electron chi connectivity index (χ3n) is 4.07. The van der Waals surface area contributed by atoms with Crippen LogP contribution < -0.4 is 20.1 Å². The summed E-state index contributed by atoms with van der Waals surface area (Å²) in [7, 11) is -2.94. The summed E-state index contributed by atoms with van der Waals surface area (Å²) in [6.07, 6.45) is 0.594. The lowest BCUT2D eigenvalue weighted by Gasteiger charge is -2.13. The monoisotopic (exact) mass is 362 g/mol. The topological polar surface area (TPSA) is 102 Å². The quantitative estimate of drug-likeness (QED) is 0.850. The molecule has 0 spiro atoms. The SMILES string of the molecule is Cc1cc(NC2CCS(=O)(=O)C2)nc(Nc2ccc3c(c2)OCO3)n1. The van der Waals surface area contributed by atoms with E-state index >= 15 is 0 Å². The highest BCUT2D eigenvalue weighted by Gasteiger charge is 2.28. The summed E-state index contributed by atoms with van der Waals surface area (Å²) < 4.78 is 33.8. The number of rotatable bonds is 4. The summed E-state index contributed by atoms with van der Waals surface area (Å²) in [5, 5.41) is 6.33. The molecule has 0 bridgehead atoms. The Labute approximate surface area is 145 Å². The minimum absolute atomic E-state index is 0.113. The zero-order valence-electron chi connectivity index (χ0n) is 13.7. The molecule has 4 rings (SSSR count). The van der Waals surface area contributed by atoms with E-state index in [1.807, 2.05) is 25.1 Å². The molecule has 1 aromatic heterocycles. The Kier molecular flexibility index (Phi) is 3.87. The van der Waals surface area contributed by atoms with Crippen LogP contribution in [0.5, 0.6) is 11.5 Å². The molecule has 9 heteroatoms. The van der Waals surface area contributed by atoms with Crippen LogP contribution in [0.2, 0.25) is 0 Å². The van der Waals surface area contributed by atoms with Gasteiger partial charge in [0.1, 0.15) is 5.82 Å². The van der Waals surface area contributed by atoms with Crippen molar-refractivity contribution in [3.8, 4) is 11.5 Å². The van der Waals surface area contributed by atoms with Crippen molar-refractivity contribution in [2.45, 2.75) is 19.4 Å². The first kappa shape index (κ1) is 15.9. The van der Waals surface area contributed by atoms with Crippen LogP contribution in [0.15, 0.2) is 24.3 Å². The molecule has 2 aromatic rings. The van der Waals surface area contributed by atoms with Gasteiger partial charge in [0.25, 0.3) is 0 Å². The number of fused-ring (bicyclic) bond motifs is 1. The molecule has 1 unspecified atom stereocenters. The zero-order chi connectivity index (χ0) is 17.4. The third kappa shape index (κ3) is 3.60. The normalized spacial score (nSPS) is 20.4. The summed E-state index contributed by atoms with van der Waals surface area (Å²) in [6.45, 7) is 2.08. The van der Waals surface area contributed by atoms with E-state index < -0.39 is 9.84 Å². The van der Waals surface area contributed by atoms with E-state index in [-0.39, 0.29) is 24.3 Å².